The van der Waals surface area contributed by atoms with Crippen LogP contribution >= 0.6 is 0 Å². The van der Waals surface area contributed by atoms with Gasteiger partial charge in [-0.15, -0.1) is 0 Å². The van der Waals surface area contributed by atoms with Crippen LogP contribution in [0.5, 0.6) is 0 Å². The van der Waals surface area contributed by atoms with E-state index in [9.17, 15) is 13.2 Å². The maximum absolute atomic E-state index is 12.2. The Labute approximate surface area is 148 Å². The van der Waals surface area contributed by atoms with Crippen LogP contribution in [0.25, 0.3) is 6.08 Å². The second kappa shape index (κ2) is 8.64. The third kappa shape index (κ3) is 5.30. The van der Waals surface area contributed by atoms with Crippen LogP contribution in [-0.2, 0) is 21.4 Å². The number of nitrogens with one attached hydrogen (secondary N) is 1. The third-order valence-corrected chi connectivity index (χ3v) is 5.12. The molecule has 2 aromatic rings. The highest BCUT2D eigenvalue weighted by molar-refractivity contribution is 7.89. The normalized spacial score (nSPS) is 11.8. The van der Waals surface area contributed by atoms with E-state index in [0.717, 1.165) is 5.56 Å². The van der Waals surface area contributed by atoms with E-state index in [1.165, 1.54) is 24.5 Å². The van der Waals surface area contributed by atoms with Gasteiger partial charge >= 0.3 is 0 Å². The van der Waals surface area contributed by atoms with Crippen molar-refractivity contribution in [3.63, 3.8) is 0 Å². The number of rotatable bonds is 8. The molecule has 1 aromatic heterocycles. The second-order valence-electron chi connectivity index (χ2n) is 5.32. The van der Waals surface area contributed by atoms with E-state index in [1.54, 1.807) is 35.2 Å². The van der Waals surface area contributed by atoms with Crippen molar-refractivity contribution in [2.45, 2.75) is 25.3 Å². The highest BCUT2D eigenvalue weighted by Gasteiger charge is 2.14. The molecule has 0 saturated carbocycles. The second-order valence-corrected chi connectivity index (χ2v) is 7.08. The average Bonchev–Trinajstić information content (AvgIpc) is 3.13. The summed E-state index contributed by atoms with van der Waals surface area (Å²) in [5.41, 5.74) is 0.755. The monoisotopic (exact) mass is 362 g/mol. The molecule has 0 aliphatic rings. The quantitative estimate of drug-likeness (QED) is 0.732. The Balaban J connectivity index is 2.02. The summed E-state index contributed by atoms with van der Waals surface area (Å²) in [6.07, 6.45) is 4.66. The number of sulfonamides is 1. The van der Waals surface area contributed by atoms with Gasteiger partial charge in [-0.25, -0.2) is 13.1 Å². The van der Waals surface area contributed by atoms with Crippen LogP contribution in [0.15, 0.2) is 58.1 Å². The first kappa shape index (κ1) is 19.0. The van der Waals surface area contributed by atoms with Gasteiger partial charge in [0.2, 0.25) is 15.9 Å². The number of carbonyl (C=O) groups is 1. The minimum absolute atomic E-state index is 0.0678. The molecule has 0 unspecified atom stereocenters. The number of furan rings is 1. The minimum Gasteiger partial charge on any atom is -0.468 e. The zero-order valence-corrected chi connectivity index (χ0v) is 15.1. The van der Waals surface area contributed by atoms with Gasteiger partial charge in [-0.05, 0) is 49.8 Å². The topological polar surface area (TPSA) is 79.6 Å². The fraction of sp³-hybridized carbons (Fsp3) is 0.278. The van der Waals surface area contributed by atoms with Crippen LogP contribution in [0.4, 0.5) is 0 Å². The Morgan fingerprint density at radius 2 is 1.84 bits per heavy atom. The van der Waals surface area contributed by atoms with E-state index < -0.39 is 10.0 Å². The molecule has 7 heteroatoms. The maximum atomic E-state index is 12.2. The molecule has 0 aliphatic heterocycles. The van der Waals surface area contributed by atoms with Gasteiger partial charge < -0.3 is 9.32 Å². The Hall–Kier alpha value is -2.38. The molecule has 1 N–H and O–H groups in total. The summed E-state index contributed by atoms with van der Waals surface area (Å²) < 4.78 is 32.1. The highest BCUT2D eigenvalue weighted by atomic mass is 32.2. The van der Waals surface area contributed by atoms with Crippen molar-refractivity contribution in [3.05, 3.63) is 60.1 Å². The Bertz CT molecular complexity index is 805. The molecular weight excluding hydrogens is 340 g/mol. The van der Waals surface area contributed by atoms with Crippen LogP contribution in [0.3, 0.4) is 0 Å². The SMILES string of the molecule is CCN(CC)C(=O)/C=C/c1ccc(S(=O)(=O)NCc2ccco2)cc1. The number of hydrogen-bond acceptors (Lipinski definition) is 4. The number of benzene rings is 1. The number of likely N-dealkylation sites (N-methyl/N-ethyl adjacent to an activating group) is 1. The molecular formula is C18H22N2O4S. The van der Waals surface area contributed by atoms with Gasteiger partial charge in [0.15, 0.2) is 0 Å². The van der Waals surface area contributed by atoms with Crippen molar-refractivity contribution >= 4 is 22.0 Å². The number of hydrogen-bond donors (Lipinski definition) is 1. The van der Waals surface area contributed by atoms with Gasteiger partial charge in [0.05, 0.1) is 17.7 Å². The van der Waals surface area contributed by atoms with Gasteiger partial charge in [0, 0.05) is 19.2 Å². The van der Waals surface area contributed by atoms with Crippen molar-refractivity contribution in [1.82, 2.24) is 9.62 Å². The molecule has 0 aliphatic carbocycles. The van der Waals surface area contributed by atoms with E-state index in [0.29, 0.717) is 18.8 Å². The summed E-state index contributed by atoms with van der Waals surface area (Å²) in [6.45, 7) is 5.24. The molecule has 0 atom stereocenters. The van der Waals surface area contributed by atoms with Gasteiger partial charge in [0.25, 0.3) is 0 Å². The van der Waals surface area contributed by atoms with Gasteiger partial charge in [-0.3, -0.25) is 4.79 Å². The molecule has 134 valence electrons. The summed E-state index contributed by atoms with van der Waals surface area (Å²) in [7, 11) is -3.62. The standard InChI is InChI=1S/C18H22N2O4S/c1-3-20(4-2)18(21)12-9-15-7-10-17(11-8-15)25(22,23)19-14-16-6-5-13-24-16/h5-13,19H,3-4,14H2,1-2H3/b12-9+. The summed E-state index contributed by atoms with van der Waals surface area (Å²) in [5.74, 6) is 0.472. The van der Waals surface area contributed by atoms with Crippen molar-refractivity contribution in [1.29, 1.82) is 0 Å². The predicted molar refractivity (Wildman–Crippen MR) is 96.1 cm³/mol. The number of amides is 1. The van der Waals surface area contributed by atoms with E-state index in [-0.39, 0.29) is 17.3 Å². The lowest BCUT2D eigenvalue weighted by molar-refractivity contribution is -0.125. The van der Waals surface area contributed by atoms with Crippen molar-refractivity contribution in [2.75, 3.05) is 13.1 Å². The van der Waals surface area contributed by atoms with Crippen LogP contribution < -0.4 is 4.72 Å². The average molecular weight is 362 g/mol. The third-order valence-electron chi connectivity index (χ3n) is 3.70. The molecule has 1 aromatic carbocycles. The molecule has 0 saturated heterocycles. The van der Waals surface area contributed by atoms with Crippen molar-refractivity contribution in [3.8, 4) is 0 Å². The summed E-state index contributed by atoms with van der Waals surface area (Å²) >= 11 is 0. The minimum atomic E-state index is -3.62. The van der Waals surface area contributed by atoms with Crippen molar-refractivity contribution < 1.29 is 17.6 Å². The first-order valence-corrected chi connectivity index (χ1v) is 9.53. The van der Waals surface area contributed by atoms with Crippen molar-refractivity contribution in [2.24, 2.45) is 0 Å². The summed E-state index contributed by atoms with van der Waals surface area (Å²) in [6, 6.07) is 9.73. The van der Waals surface area contributed by atoms with Crippen LogP contribution in [-0.4, -0.2) is 32.3 Å². The molecule has 0 fully saturated rings. The predicted octanol–water partition coefficient (Wildman–Crippen LogP) is 2.64. The van der Waals surface area contributed by atoms with E-state index in [4.69, 9.17) is 4.42 Å². The number of carbonyl (C=O) groups excluding carboxylic acids is 1. The lowest BCUT2D eigenvalue weighted by Crippen LogP contribution is -2.28. The van der Waals surface area contributed by atoms with Crippen LogP contribution in [0.2, 0.25) is 0 Å². The van der Waals surface area contributed by atoms with Gasteiger partial charge in [0.1, 0.15) is 5.76 Å². The lowest BCUT2D eigenvalue weighted by atomic mass is 10.2. The lowest BCUT2D eigenvalue weighted by Gasteiger charge is -2.15. The molecule has 2 rings (SSSR count). The molecule has 0 radical (unpaired) electrons. The Morgan fingerprint density at radius 1 is 1.16 bits per heavy atom. The fourth-order valence-electron chi connectivity index (χ4n) is 2.23. The Morgan fingerprint density at radius 3 is 2.40 bits per heavy atom. The van der Waals surface area contributed by atoms with Gasteiger partial charge in [-0.2, -0.15) is 0 Å². The summed E-state index contributed by atoms with van der Waals surface area (Å²) in [4.78, 5) is 13.8. The maximum Gasteiger partial charge on any atom is 0.246 e. The van der Waals surface area contributed by atoms with E-state index in [2.05, 4.69) is 4.72 Å². The van der Waals surface area contributed by atoms with Crippen LogP contribution in [0, 0.1) is 0 Å². The molecule has 0 bridgehead atoms. The zero-order chi connectivity index (χ0) is 18.3. The smallest absolute Gasteiger partial charge is 0.246 e. The first-order valence-electron chi connectivity index (χ1n) is 8.05. The molecule has 1 heterocycles. The largest absolute Gasteiger partial charge is 0.468 e. The Kier molecular flexibility index (Phi) is 6.55. The zero-order valence-electron chi connectivity index (χ0n) is 14.3. The highest BCUT2D eigenvalue weighted by Crippen LogP contribution is 2.13. The molecule has 6 nitrogen and oxygen atoms in total. The fourth-order valence-corrected chi connectivity index (χ4v) is 3.22. The van der Waals surface area contributed by atoms with Crippen LogP contribution in [0.1, 0.15) is 25.2 Å². The molecule has 25 heavy (non-hydrogen) atoms. The van der Waals surface area contributed by atoms with E-state index in [1.807, 2.05) is 13.8 Å². The molecule has 0 spiro atoms. The van der Waals surface area contributed by atoms with E-state index >= 15 is 0 Å². The number of nitrogens with zero attached hydrogens (tertiary/aromatic N) is 1. The first-order chi connectivity index (χ1) is 12.0. The van der Waals surface area contributed by atoms with Gasteiger partial charge in [-0.1, -0.05) is 12.1 Å². The molecule has 1 amide bonds. The summed E-state index contributed by atoms with van der Waals surface area (Å²) in [5, 5.41) is 0.